The summed E-state index contributed by atoms with van der Waals surface area (Å²) in [6.45, 7) is 13.3. The molecule has 2 aliphatic carbocycles. The fourth-order valence-corrected chi connectivity index (χ4v) is 7.68. The fourth-order valence-electron chi connectivity index (χ4n) is 7.68. The SMILES string of the molecule is C=CC(=O)OCCCCCc1ccc(-c2ccc3c(c2)C(C)(C)c2cc(-c4ccc5c(c4)C(C)(C)c4ccccc4-5)ccc2-3)cc1. The molecule has 0 saturated carbocycles. The summed E-state index contributed by atoms with van der Waals surface area (Å²) in [6, 6.07) is 39.0. The van der Waals surface area contributed by atoms with Crippen LogP contribution in [0.5, 0.6) is 0 Å². The second-order valence-electron chi connectivity index (χ2n) is 14.0. The van der Waals surface area contributed by atoms with E-state index < -0.39 is 0 Å². The normalized spacial score (nSPS) is 14.6. The number of unbranched alkanes of at least 4 members (excludes halogenated alkanes) is 2. The van der Waals surface area contributed by atoms with Crippen molar-refractivity contribution in [3.63, 3.8) is 0 Å². The van der Waals surface area contributed by atoms with Crippen molar-refractivity contribution in [1.82, 2.24) is 0 Å². The number of hydrogen-bond acceptors (Lipinski definition) is 2. The van der Waals surface area contributed by atoms with E-state index in [1.165, 1.54) is 78.4 Å². The Balaban J connectivity index is 1.09. The molecule has 0 saturated heterocycles. The number of esters is 1. The minimum atomic E-state index is -0.343. The van der Waals surface area contributed by atoms with E-state index in [0.717, 1.165) is 25.7 Å². The summed E-state index contributed by atoms with van der Waals surface area (Å²) in [5.74, 6) is -0.343. The van der Waals surface area contributed by atoms with Crippen LogP contribution in [-0.2, 0) is 26.8 Å². The van der Waals surface area contributed by atoms with Crippen molar-refractivity contribution in [2.75, 3.05) is 6.61 Å². The first-order valence-corrected chi connectivity index (χ1v) is 16.6. The fraction of sp³-hybridized carbons (Fsp3) is 0.250. The molecule has 46 heavy (non-hydrogen) atoms. The van der Waals surface area contributed by atoms with Gasteiger partial charge in [0.2, 0.25) is 0 Å². The number of carbonyl (C=O) groups is 1. The number of benzene rings is 5. The van der Waals surface area contributed by atoms with E-state index in [0.29, 0.717) is 6.61 Å². The minimum absolute atomic E-state index is 0.00785. The Kier molecular flexibility index (Phi) is 7.56. The number of hydrogen-bond donors (Lipinski definition) is 0. The molecule has 0 spiro atoms. The third kappa shape index (κ3) is 5.10. The van der Waals surface area contributed by atoms with Gasteiger partial charge in [0.1, 0.15) is 0 Å². The maximum absolute atomic E-state index is 11.2. The van der Waals surface area contributed by atoms with Crippen LogP contribution in [0.2, 0.25) is 0 Å². The van der Waals surface area contributed by atoms with Gasteiger partial charge >= 0.3 is 5.97 Å². The Bertz CT molecular complexity index is 1970. The van der Waals surface area contributed by atoms with Crippen LogP contribution in [0.15, 0.2) is 116 Å². The van der Waals surface area contributed by atoms with Gasteiger partial charge in [-0.2, -0.15) is 0 Å². The van der Waals surface area contributed by atoms with Gasteiger partial charge in [0.05, 0.1) is 6.61 Å². The van der Waals surface area contributed by atoms with Crippen LogP contribution in [0.25, 0.3) is 44.5 Å². The van der Waals surface area contributed by atoms with Gasteiger partial charge in [-0.3, -0.25) is 0 Å². The van der Waals surface area contributed by atoms with E-state index in [-0.39, 0.29) is 16.8 Å². The molecule has 0 fully saturated rings. The maximum atomic E-state index is 11.2. The predicted molar refractivity (Wildman–Crippen MR) is 191 cm³/mol. The minimum Gasteiger partial charge on any atom is -0.463 e. The van der Waals surface area contributed by atoms with Gasteiger partial charge in [-0.15, -0.1) is 0 Å². The summed E-state index contributed by atoms with van der Waals surface area (Å²) >= 11 is 0. The second-order valence-corrected chi connectivity index (χ2v) is 14.0. The van der Waals surface area contributed by atoms with Crippen molar-refractivity contribution in [2.24, 2.45) is 0 Å². The van der Waals surface area contributed by atoms with E-state index in [4.69, 9.17) is 4.74 Å². The van der Waals surface area contributed by atoms with E-state index in [1.807, 2.05) is 0 Å². The van der Waals surface area contributed by atoms with Crippen LogP contribution < -0.4 is 0 Å². The highest BCUT2D eigenvalue weighted by molar-refractivity contribution is 5.87. The molecule has 0 aromatic heterocycles. The largest absolute Gasteiger partial charge is 0.463 e. The van der Waals surface area contributed by atoms with Crippen LogP contribution in [-0.4, -0.2) is 12.6 Å². The van der Waals surface area contributed by atoms with E-state index in [2.05, 4.69) is 137 Å². The Hall–Kier alpha value is -4.69. The van der Waals surface area contributed by atoms with Crippen molar-refractivity contribution in [2.45, 2.75) is 64.2 Å². The molecule has 0 aliphatic heterocycles. The predicted octanol–water partition coefficient (Wildman–Crippen LogP) is 11.1. The zero-order valence-corrected chi connectivity index (χ0v) is 27.5. The first-order chi connectivity index (χ1) is 22.2. The van der Waals surface area contributed by atoms with Gasteiger partial charge in [-0.25, -0.2) is 4.79 Å². The Morgan fingerprint density at radius 2 is 1.07 bits per heavy atom. The molecular formula is C44H42O2. The number of ether oxygens (including phenoxy) is 1. The van der Waals surface area contributed by atoms with Gasteiger partial charge in [0, 0.05) is 16.9 Å². The lowest BCUT2D eigenvalue weighted by Gasteiger charge is -2.23. The molecule has 230 valence electrons. The second kappa shape index (κ2) is 11.6. The van der Waals surface area contributed by atoms with Crippen LogP contribution in [0.3, 0.4) is 0 Å². The zero-order chi connectivity index (χ0) is 32.1. The Labute approximate surface area is 273 Å². The summed E-state index contributed by atoms with van der Waals surface area (Å²) in [4.78, 5) is 11.2. The van der Waals surface area contributed by atoms with Gasteiger partial charge in [-0.05, 0) is 116 Å². The third-order valence-corrected chi connectivity index (χ3v) is 10.4. The number of fused-ring (bicyclic) bond motifs is 6. The number of rotatable bonds is 9. The maximum Gasteiger partial charge on any atom is 0.330 e. The lowest BCUT2D eigenvalue weighted by molar-refractivity contribution is -0.137. The highest BCUT2D eigenvalue weighted by atomic mass is 16.5. The topological polar surface area (TPSA) is 26.3 Å². The third-order valence-electron chi connectivity index (χ3n) is 10.4. The Morgan fingerprint density at radius 1 is 0.587 bits per heavy atom. The lowest BCUT2D eigenvalue weighted by Crippen LogP contribution is -2.15. The van der Waals surface area contributed by atoms with Gasteiger partial charge in [0.15, 0.2) is 0 Å². The average Bonchev–Trinajstić information content (AvgIpc) is 3.45. The standard InChI is InChI=1S/C44H42O2/c1-6-42(45)46-25-11-7-8-12-29-15-17-30(18-16-29)31-19-22-36-37-24-21-33(28-41(37)44(4,5)40(36)26-31)32-20-23-35-34-13-9-10-14-38(34)43(2,3)39(35)27-32/h6,9-10,13-24,26-28H,1,7-8,11-12,25H2,2-5H3. The van der Waals surface area contributed by atoms with E-state index >= 15 is 0 Å². The smallest absolute Gasteiger partial charge is 0.330 e. The van der Waals surface area contributed by atoms with Crippen molar-refractivity contribution in [3.05, 3.63) is 144 Å². The molecule has 0 N–H and O–H groups in total. The molecule has 0 radical (unpaired) electrons. The molecule has 2 aliphatic rings. The zero-order valence-electron chi connectivity index (χ0n) is 27.5. The van der Waals surface area contributed by atoms with E-state index in [1.54, 1.807) is 0 Å². The number of carbonyl (C=O) groups excluding carboxylic acids is 1. The molecule has 0 atom stereocenters. The molecule has 0 bridgehead atoms. The van der Waals surface area contributed by atoms with Crippen molar-refractivity contribution in [3.8, 4) is 44.5 Å². The Morgan fingerprint density at radius 3 is 1.63 bits per heavy atom. The van der Waals surface area contributed by atoms with Crippen LogP contribution in [0.4, 0.5) is 0 Å². The highest BCUT2D eigenvalue weighted by Crippen LogP contribution is 2.52. The molecular weight excluding hydrogens is 560 g/mol. The summed E-state index contributed by atoms with van der Waals surface area (Å²) < 4.78 is 5.08. The van der Waals surface area contributed by atoms with Crippen LogP contribution in [0.1, 0.15) is 74.8 Å². The molecule has 0 heterocycles. The summed E-state index contributed by atoms with van der Waals surface area (Å²) in [5.41, 5.74) is 17.3. The molecule has 0 amide bonds. The molecule has 7 rings (SSSR count). The number of aryl methyl sites for hydroxylation is 1. The summed E-state index contributed by atoms with van der Waals surface area (Å²) in [7, 11) is 0. The summed E-state index contributed by atoms with van der Waals surface area (Å²) in [6.07, 6.45) is 5.24. The molecule has 2 nitrogen and oxygen atoms in total. The first-order valence-electron chi connectivity index (χ1n) is 16.6. The molecule has 0 unspecified atom stereocenters. The van der Waals surface area contributed by atoms with Crippen LogP contribution >= 0.6 is 0 Å². The van der Waals surface area contributed by atoms with Gasteiger partial charge < -0.3 is 4.74 Å². The van der Waals surface area contributed by atoms with Crippen molar-refractivity contribution < 1.29 is 9.53 Å². The van der Waals surface area contributed by atoms with Crippen LogP contribution in [0, 0.1) is 0 Å². The highest BCUT2D eigenvalue weighted by Gasteiger charge is 2.37. The lowest BCUT2D eigenvalue weighted by atomic mass is 9.80. The quantitative estimate of drug-likeness (QED) is 0.0953. The molecule has 5 aromatic rings. The summed E-state index contributed by atoms with van der Waals surface area (Å²) in [5, 5.41) is 0. The van der Waals surface area contributed by atoms with E-state index in [9.17, 15) is 4.79 Å². The van der Waals surface area contributed by atoms with Crippen molar-refractivity contribution >= 4 is 5.97 Å². The first kappa shape index (κ1) is 30.0. The van der Waals surface area contributed by atoms with Gasteiger partial charge in [-0.1, -0.05) is 119 Å². The van der Waals surface area contributed by atoms with Gasteiger partial charge in [0.25, 0.3) is 0 Å². The average molecular weight is 603 g/mol. The monoisotopic (exact) mass is 602 g/mol. The molecule has 5 aromatic carbocycles. The van der Waals surface area contributed by atoms with Crippen molar-refractivity contribution in [1.29, 1.82) is 0 Å². The molecule has 2 heteroatoms.